The first kappa shape index (κ1) is 6.34. The van der Waals surface area contributed by atoms with E-state index in [0.717, 1.165) is 5.92 Å². The van der Waals surface area contributed by atoms with Gasteiger partial charge in [0.25, 0.3) is 0 Å². The number of halogens is 1. The summed E-state index contributed by atoms with van der Waals surface area (Å²) in [5.41, 5.74) is 0. The Labute approximate surface area is 59.1 Å². The second-order valence-electron chi connectivity index (χ2n) is 2.53. The minimum atomic E-state index is 0.913. The number of allylic oxidation sites excluding steroid dienone is 2. The molecule has 0 spiro atoms. The van der Waals surface area contributed by atoms with E-state index in [2.05, 4.69) is 28.9 Å². The Morgan fingerprint density at radius 1 is 1.75 bits per heavy atom. The Kier molecular flexibility index (Phi) is 2.12. The minimum absolute atomic E-state index is 0.913. The van der Waals surface area contributed by atoms with Crippen molar-refractivity contribution in [1.29, 1.82) is 0 Å². The summed E-state index contributed by atoms with van der Waals surface area (Å²) in [6.45, 7) is 2.30. The van der Waals surface area contributed by atoms with Gasteiger partial charge in [0, 0.05) is 0 Å². The zero-order valence-corrected chi connectivity index (χ0v) is 6.74. The zero-order chi connectivity index (χ0) is 5.98. The molecule has 46 valence electrons. The molecule has 0 heterocycles. The van der Waals surface area contributed by atoms with Crippen molar-refractivity contribution in [3.05, 3.63) is 10.6 Å². The third-order valence-corrected chi connectivity index (χ3v) is 2.34. The Balaban J connectivity index is 2.42. The second kappa shape index (κ2) is 2.67. The van der Waals surface area contributed by atoms with Crippen LogP contribution in [0.5, 0.6) is 0 Å². The summed E-state index contributed by atoms with van der Waals surface area (Å²) < 4.78 is 1.40. The van der Waals surface area contributed by atoms with Gasteiger partial charge in [0.1, 0.15) is 0 Å². The molecule has 0 fully saturated rings. The van der Waals surface area contributed by atoms with Crippen LogP contribution < -0.4 is 0 Å². The summed E-state index contributed by atoms with van der Waals surface area (Å²) in [6.07, 6.45) is 6.16. The molecule has 0 aromatic heterocycles. The average molecular weight is 175 g/mol. The summed E-state index contributed by atoms with van der Waals surface area (Å²) in [6, 6.07) is 0. The zero-order valence-electron chi connectivity index (χ0n) is 5.15. The van der Waals surface area contributed by atoms with E-state index in [1.54, 1.807) is 0 Å². The van der Waals surface area contributed by atoms with Gasteiger partial charge in [-0.3, -0.25) is 0 Å². The lowest BCUT2D eigenvalue weighted by Crippen LogP contribution is -1.97. The molecule has 0 unspecified atom stereocenters. The summed E-state index contributed by atoms with van der Waals surface area (Å²) in [5.74, 6) is 0.913. The van der Waals surface area contributed by atoms with E-state index in [-0.39, 0.29) is 0 Å². The average Bonchev–Trinajstić information content (AvgIpc) is 1.77. The maximum Gasteiger partial charge on any atom is -0.00890 e. The minimum Gasteiger partial charge on any atom is -0.0741 e. The van der Waals surface area contributed by atoms with Crippen LogP contribution in [0.1, 0.15) is 26.2 Å². The van der Waals surface area contributed by atoms with Gasteiger partial charge < -0.3 is 0 Å². The third kappa shape index (κ3) is 1.62. The van der Waals surface area contributed by atoms with Crippen LogP contribution >= 0.6 is 15.9 Å². The molecule has 0 aromatic rings. The van der Waals surface area contributed by atoms with Crippen LogP contribution in [-0.4, -0.2) is 0 Å². The molecule has 1 atom stereocenters. The monoisotopic (exact) mass is 174 g/mol. The molecule has 0 amide bonds. The maximum atomic E-state index is 3.48. The molecule has 0 aliphatic heterocycles. The molecule has 0 bridgehead atoms. The van der Waals surface area contributed by atoms with Gasteiger partial charge in [-0.25, -0.2) is 0 Å². The highest BCUT2D eigenvalue weighted by atomic mass is 79.9. The normalized spacial score (nSPS) is 29.8. The summed E-state index contributed by atoms with van der Waals surface area (Å²) in [5, 5.41) is 0. The predicted octanol–water partition coefficient (Wildman–Crippen LogP) is 3.09. The van der Waals surface area contributed by atoms with E-state index in [1.807, 2.05) is 0 Å². The Morgan fingerprint density at radius 3 is 2.88 bits per heavy atom. The van der Waals surface area contributed by atoms with Gasteiger partial charge in [-0.15, -0.1) is 0 Å². The van der Waals surface area contributed by atoms with Crippen LogP contribution in [0, 0.1) is 5.92 Å². The van der Waals surface area contributed by atoms with Crippen molar-refractivity contribution >= 4 is 15.9 Å². The fourth-order valence-electron chi connectivity index (χ4n) is 0.933. The third-order valence-electron chi connectivity index (χ3n) is 1.62. The van der Waals surface area contributed by atoms with Crippen molar-refractivity contribution < 1.29 is 0 Å². The standard InChI is InChI=1S/C7H11Br/c1-6-2-4-7(8)5-3-6/h4,6H,2-3,5H2,1H3/t6-/m0/s1. The lowest BCUT2D eigenvalue weighted by atomic mass is 9.97. The van der Waals surface area contributed by atoms with E-state index in [0.29, 0.717) is 0 Å². The van der Waals surface area contributed by atoms with Crippen molar-refractivity contribution in [3.63, 3.8) is 0 Å². The largest absolute Gasteiger partial charge is 0.0741 e. The maximum absolute atomic E-state index is 3.48. The Hall–Kier alpha value is 0.220. The van der Waals surface area contributed by atoms with Crippen LogP contribution in [0.3, 0.4) is 0 Å². The van der Waals surface area contributed by atoms with Gasteiger partial charge in [-0.05, 0) is 29.7 Å². The number of hydrogen-bond donors (Lipinski definition) is 0. The molecule has 1 heteroatoms. The fourth-order valence-corrected chi connectivity index (χ4v) is 1.35. The smallest absolute Gasteiger partial charge is 0.00890 e. The number of hydrogen-bond acceptors (Lipinski definition) is 0. The van der Waals surface area contributed by atoms with Crippen LogP contribution in [0.25, 0.3) is 0 Å². The van der Waals surface area contributed by atoms with Gasteiger partial charge in [-0.1, -0.05) is 28.9 Å². The molecule has 0 N–H and O–H groups in total. The van der Waals surface area contributed by atoms with E-state index >= 15 is 0 Å². The second-order valence-corrected chi connectivity index (χ2v) is 3.55. The highest BCUT2D eigenvalue weighted by Gasteiger charge is 2.06. The van der Waals surface area contributed by atoms with Crippen molar-refractivity contribution in [2.45, 2.75) is 26.2 Å². The van der Waals surface area contributed by atoms with Crippen LogP contribution in [0.4, 0.5) is 0 Å². The van der Waals surface area contributed by atoms with E-state index in [1.165, 1.54) is 23.7 Å². The molecule has 0 aromatic carbocycles. The van der Waals surface area contributed by atoms with Crippen molar-refractivity contribution in [2.24, 2.45) is 5.92 Å². The Morgan fingerprint density at radius 2 is 2.50 bits per heavy atom. The first-order valence-electron chi connectivity index (χ1n) is 3.13. The van der Waals surface area contributed by atoms with E-state index < -0.39 is 0 Å². The van der Waals surface area contributed by atoms with Gasteiger partial charge in [-0.2, -0.15) is 0 Å². The van der Waals surface area contributed by atoms with Gasteiger partial charge in [0.2, 0.25) is 0 Å². The van der Waals surface area contributed by atoms with Gasteiger partial charge in [0.05, 0.1) is 0 Å². The molecule has 0 saturated heterocycles. The predicted molar refractivity (Wildman–Crippen MR) is 40.0 cm³/mol. The first-order chi connectivity index (χ1) is 3.79. The molecule has 1 aliphatic carbocycles. The topological polar surface area (TPSA) is 0 Å². The molecule has 1 aliphatic rings. The van der Waals surface area contributed by atoms with E-state index in [9.17, 15) is 0 Å². The molecular weight excluding hydrogens is 164 g/mol. The molecule has 1 rings (SSSR count). The molecular formula is C7H11Br. The summed E-state index contributed by atoms with van der Waals surface area (Å²) >= 11 is 3.48. The lowest BCUT2D eigenvalue weighted by molar-refractivity contribution is 0.524. The van der Waals surface area contributed by atoms with Crippen LogP contribution in [0.15, 0.2) is 10.6 Å². The fraction of sp³-hybridized carbons (Fsp3) is 0.714. The molecule has 0 saturated carbocycles. The van der Waals surface area contributed by atoms with Crippen molar-refractivity contribution in [2.75, 3.05) is 0 Å². The van der Waals surface area contributed by atoms with Crippen LogP contribution in [0.2, 0.25) is 0 Å². The van der Waals surface area contributed by atoms with Crippen molar-refractivity contribution in [1.82, 2.24) is 0 Å². The number of rotatable bonds is 0. The van der Waals surface area contributed by atoms with Gasteiger partial charge in [0.15, 0.2) is 0 Å². The summed E-state index contributed by atoms with van der Waals surface area (Å²) in [7, 11) is 0. The lowest BCUT2D eigenvalue weighted by Gasteiger charge is -2.13. The van der Waals surface area contributed by atoms with Crippen molar-refractivity contribution in [3.8, 4) is 0 Å². The Bertz CT molecular complexity index is 105. The molecule has 0 radical (unpaired) electrons. The quantitative estimate of drug-likeness (QED) is 0.530. The highest BCUT2D eigenvalue weighted by Crippen LogP contribution is 2.25. The van der Waals surface area contributed by atoms with E-state index in [4.69, 9.17) is 0 Å². The molecule has 0 nitrogen and oxygen atoms in total. The summed E-state index contributed by atoms with van der Waals surface area (Å²) in [4.78, 5) is 0. The first-order valence-corrected chi connectivity index (χ1v) is 3.93. The highest BCUT2D eigenvalue weighted by molar-refractivity contribution is 9.11. The molecule has 8 heavy (non-hydrogen) atoms. The van der Waals surface area contributed by atoms with Crippen LogP contribution in [-0.2, 0) is 0 Å². The SMILES string of the molecule is C[C@H]1CC=C(Br)CC1. The van der Waals surface area contributed by atoms with Gasteiger partial charge >= 0.3 is 0 Å².